The van der Waals surface area contributed by atoms with Crippen LogP contribution in [0, 0.1) is 17.0 Å². The molecule has 0 fully saturated rings. The van der Waals surface area contributed by atoms with Crippen LogP contribution in [-0.2, 0) is 4.79 Å². The predicted octanol–water partition coefficient (Wildman–Crippen LogP) is 5.07. The lowest BCUT2D eigenvalue weighted by molar-refractivity contribution is -0.384. The third-order valence-electron chi connectivity index (χ3n) is 3.45. The van der Waals surface area contributed by atoms with Crippen LogP contribution in [0.5, 0.6) is 0 Å². The maximum Gasteiger partial charge on any atom is 0.271 e. The average Bonchev–Trinajstić information content (AvgIpc) is 2.56. The zero-order valence-corrected chi connectivity index (χ0v) is 14.9. The van der Waals surface area contributed by atoms with E-state index in [2.05, 4.69) is 5.32 Å². The normalized spacial score (nSPS) is 11.8. The van der Waals surface area contributed by atoms with E-state index in [4.69, 9.17) is 11.6 Å². The molecule has 0 aliphatic rings. The summed E-state index contributed by atoms with van der Waals surface area (Å²) in [6.45, 7) is 3.72. The number of nitro groups is 1. The van der Waals surface area contributed by atoms with Crippen LogP contribution >= 0.6 is 23.4 Å². The zero-order valence-electron chi connectivity index (χ0n) is 13.3. The van der Waals surface area contributed by atoms with Crippen molar-refractivity contribution >= 4 is 40.6 Å². The van der Waals surface area contributed by atoms with Crippen molar-refractivity contribution in [2.75, 3.05) is 5.32 Å². The molecule has 0 aromatic heterocycles. The largest absolute Gasteiger partial charge is 0.325 e. The molecule has 0 aliphatic carbocycles. The topological polar surface area (TPSA) is 72.2 Å². The van der Waals surface area contributed by atoms with E-state index >= 15 is 0 Å². The second-order valence-corrected chi connectivity index (χ2v) is 6.93. The second-order valence-electron chi connectivity index (χ2n) is 5.21. The molecule has 0 unspecified atom stereocenters. The molecule has 0 spiro atoms. The standard InChI is InChI=1S/C17H17ClN2O3S/c1-3-16(24-14-8-5-12(18)6-9-14)17(21)19-15-10-13(20(22)23)7-4-11(15)2/h4-10,16H,3H2,1-2H3,(H,19,21)/t16-/m1/s1. The minimum Gasteiger partial charge on any atom is -0.325 e. The van der Waals surface area contributed by atoms with E-state index in [-0.39, 0.29) is 16.8 Å². The van der Waals surface area contributed by atoms with Gasteiger partial charge in [-0.05, 0) is 43.2 Å². The van der Waals surface area contributed by atoms with Gasteiger partial charge in [0.2, 0.25) is 5.91 Å². The van der Waals surface area contributed by atoms with Crippen LogP contribution in [0.2, 0.25) is 5.02 Å². The summed E-state index contributed by atoms with van der Waals surface area (Å²) >= 11 is 7.30. The number of non-ortho nitro benzene ring substituents is 1. The molecule has 2 aromatic rings. The van der Waals surface area contributed by atoms with Gasteiger partial charge in [0.1, 0.15) is 0 Å². The molecule has 0 saturated carbocycles. The molecule has 0 bridgehead atoms. The van der Waals surface area contributed by atoms with Crippen LogP contribution in [0.3, 0.4) is 0 Å². The van der Waals surface area contributed by atoms with Crippen molar-refractivity contribution in [3.8, 4) is 0 Å². The van der Waals surface area contributed by atoms with Gasteiger partial charge in [0.15, 0.2) is 0 Å². The summed E-state index contributed by atoms with van der Waals surface area (Å²) in [5.41, 5.74) is 1.19. The van der Waals surface area contributed by atoms with Crippen LogP contribution in [0.15, 0.2) is 47.4 Å². The van der Waals surface area contributed by atoms with Crippen LogP contribution in [-0.4, -0.2) is 16.1 Å². The number of carbonyl (C=O) groups excluding carboxylic acids is 1. The molecule has 0 heterocycles. The molecule has 1 atom stereocenters. The first-order valence-electron chi connectivity index (χ1n) is 7.39. The number of carbonyl (C=O) groups is 1. The zero-order chi connectivity index (χ0) is 17.7. The monoisotopic (exact) mass is 364 g/mol. The first kappa shape index (κ1) is 18.3. The van der Waals surface area contributed by atoms with Crippen LogP contribution in [0.4, 0.5) is 11.4 Å². The summed E-state index contributed by atoms with van der Waals surface area (Å²) < 4.78 is 0. The molecule has 1 amide bonds. The van der Waals surface area contributed by atoms with E-state index in [9.17, 15) is 14.9 Å². The summed E-state index contributed by atoms with van der Waals surface area (Å²) in [6, 6.07) is 11.7. The van der Waals surface area contributed by atoms with Gasteiger partial charge in [-0.15, -0.1) is 11.8 Å². The molecule has 5 nitrogen and oxygen atoms in total. The molecule has 2 rings (SSSR count). The van der Waals surface area contributed by atoms with E-state index < -0.39 is 4.92 Å². The molecule has 1 N–H and O–H groups in total. The lowest BCUT2D eigenvalue weighted by Crippen LogP contribution is -2.25. The summed E-state index contributed by atoms with van der Waals surface area (Å²) in [4.78, 5) is 23.9. The maximum absolute atomic E-state index is 12.5. The number of hydrogen-bond donors (Lipinski definition) is 1. The number of aryl methyl sites for hydroxylation is 1. The number of nitrogens with zero attached hydrogens (tertiary/aromatic N) is 1. The van der Waals surface area contributed by atoms with Crippen molar-refractivity contribution in [3.05, 3.63) is 63.2 Å². The first-order chi connectivity index (χ1) is 11.4. The van der Waals surface area contributed by atoms with Crippen molar-refractivity contribution in [2.24, 2.45) is 0 Å². The maximum atomic E-state index is 12.5. The van der Waals surface area contributed by atoms with Gasteiger partial charge in [-0.1, -0.05) is 24.6 Å². The molecular weight excluding hydrogens is 348 g/mol. The lowest BCUT2D eigenvalue weighted by atomic mass is 10.1. The van der Waals surface area contributed by atoms with Crippen molar-refractivity contribution in [2.45, 2.75) is 30.4 Å². The molecule has 7 heteroatoms. The van der Waals surface area contributed by atoms with Gasteiger partial charge < -0.3 is 5.32 Å². The number of benzene rings is 2. The Morgan fingerprint density at radius 3 is 2.54 bits per heavy atom. The number of nitro benzene ring substituents is 1. The highest BCUT2D eigenvalue weighted by molar-refractivity contribution is 8.00. The highest BCUT2D eigenvalue weighted by Crippen LogP contribution is 2.29. The van der Waals surface area contributed by atoms with E-state index in [1.807, 2.05) is 19.1 Å². The predicted molar refractivity (Wildman–Crippen MR) is 97.9 cm³/mol. The highest BCUT2D eigenvalue weighted by Gasteiger charge is 2.19. The van der Waals surface area contributed by atoms with E-state index in [1.54, 1.807) is 25.1 Å². The fraction of sp³-hybridized carbons (Fsp3) is 0.235. The Labute approximate surface area is 149 Å². The van der Waals surface area contributed by atoms with Crippen molar-refractivity contribution < 1.29 is 9.72 Å². The minimum absolute atomic E-state index is 0.0469. The third kappa shape index (κ3) is 4.72. The van der Waals surface area contributed by atoms with Gasteiger partial charge in [-0.2, -0.15) is 0 Å². The van der Waals surface area contributed by atoms with Gasteiger partial charge in [0, 0.05) is 22.1 Å². The Morgan fingerprint density at radius 1 is 1.29 bits per heavy atom. The van der Waals surface area contributed by atoms with Gasteiger partial charge in [0.05, 0.1) is 15.9 Å². The van der Waals surface area contributed by atoms with Crippen molar-refractivity contribution in [1.82, 2.24) is 0 Å². The minimum atomic E-state index is -0.477. The van der Waals surface area contributed by atoms with E-state index in [0.29, 0.717) is 17.1 Å². The molecule has 24 heavy (non-hydrogen) atoms. The van der Waals surface area contributed by atoms with Crippen molar-refractivity contribution in [3.63, 3.8) is 0 Å². The van der Waals surface area contributed by atoms with Crippen LogP contribution in [0.25, 0.3) is 0 Å². The molecule has 0 saturated heterocycles. The number of nitrogens with one attached hydrogen (secondary N) is 1. The Hall–Kier alpha value is -2.05. The third-order valence-corrected chi connectivity index (χ3v) is 5.07. The molecule has 2 aromatic carbocycles. The quantitative estimate of drug-likeness (QED) is 0.441. The fourth-order valence-corrected chi connectivity index (χ4v) is 3.15. The first-order valence-corrected chi connectivity index (χ1v) is 8.64. The molecular formula is C17H17ClN2O3S. The SMILES string of the molecule is CC[C@@H](Sc1ccc(Cl)cc1)C(=O)Nc1cc([N+](=O)[O-])ccc1C. The number of halogens is 1. The van der Waals surface area contributed by atoms with Gasteiger partial charge in [0.25, 0.3) is 5.69 Å². The summed E-state index contributed by atoms with van der Waals surface area (Å²) in [5, 5.41) is 14.0. The molecule has 0 aliphatic heterocycles. The summed E-state index contributed by atoms with van der Waals surface area (Å²) in [6.07, 6.45) is 0.632. The Balaban J connectivity index is 2.13. The van der Waals surface area contributed by atoms with Crippen molar-refractivity contribution in [1.29, 1.82) is 0 Å². The fourth-order valence-electron chi connectivity index (χ4n) is 2.07. The average molecular weight is 365 g/mol. The molecule has 126 valence electrons. The van der Waals surface area contributed by atoms with E-state index in [0.717, 1.165) is 10.5 Å². The smallest absolute Gasteiger partial charge is 0.271 e. The van der Waals surface area contributed by atoms with E-state index in [1.165, 1.54) is 23.9 Å². The number of hydrogen-bond acceptors (Lipinski definition) is 4. The second kappa shape index (κ2) is 8.17. The van der Waals surface area contributed by atoms with Gasteiger partial charge in [-0.25, -0.2) is 0 Å². The number of rotatable bonds is 6. The number of thioether (sulfide) groups is 1. The van der Waals surface area contributed by atoms with Gasteiger partial charge >= 0.3 is 0 Å². The Morgan fingerprint density at radius 2 is 1.96 bits per heavy atom. The number of amides is 1. The molecule has 0 radical (unpaired) electrons. The Kier molecular flexibility index (Phi) is 6.23. The summed E-state index contributed by atoms with van der Waals surface area (Å²) in [5.74, 6) is -0.180. The Bertz CT molecular complexity index is 750. The summed E-state index contributed by atoms with van der Waals surface area (Å²) in [7, 11) is 0. The van der Waals surface area contributed by atoms with Crippen LogP contribution in [0.1, 0.15) is 18.9 Å². The highest BCUT2D eigenvalue weighted by atomic mass is 35.5. The van der Waals surface area contributed by atoms with Crippen LogP contribution < -0.4 is 5.32 Å². The lowest BCUT2D eigenvalue weighted by Gasteiger charge is -2.16. The number of anilines is 1. The van der Waals surface area contributed by atoms with Gasteiger partial charge in [-0.3, -0.25) is 14.9 Å².